The van der Waals surface area contributed by atoms with Crippen molar-refractivity contribution in [3.8, 4) is 0 Å². The van der Waals surface area contributed by atoms with Crippen LogP contribution in [-0.2, 0) is 28.0 Å². The summed E-state index contributed by atoms with van der Waals surface area (Å²) in [7, 11) is 0. The van der Waals surface area contributed by atoms with Crippen LogP contribution in [0.5, 0.6) is 0 Å². The summed E-state index contributed by atoms with van der Waals surface area (Å²) < 4.78 is 11.6. The molecule has 3 heterocycles. The normalized spacial score (nSPS) is 19.1. The van der Waals surface area contributed by atoms with Gasteiger partial charge in [0.1, 0.15) is 23.9 Å². The Balaban J connectivity index is 1.21. The van der Waals surface area contributed by atoms with Crippen LogP contribution in [0.2, 0.25) is 5.02 Å². The number of amides is 1. The molecule has 3 aromatic carbocycles. The minimum Gasteiger partial charge on any atom is -0.452 e. The van der Waals surface area contributed by atoms with Gasteiger partial charge >= 0.3 is 12.1 Å². The number of nitrogens with one attached hydrogen (secondary N) is 1. The molecule has 1 saturated heterocycles. The number of nitro benzene ring substituents is 1. The van der Waals surface area contributed by atoms with E-state index in [0.717, 1.165) is 60.7 Å². The fourth-order valence-electron chi connectivity index (χ4n) is 8.03. The second-order valence-electron chi connectivity index (χ2n) is 15.2. The maximum Gasteiger partial charge on any atom is 0.407 e. The van der Waals surface area contributed by atoms with Crippen LogP contribution >= 0.6 is 11.6 Å². The number of alkyl carbamates (subject to hydrolysis) is 1. The molecule has 0 saturated carbocycles. The van der Waals surface area contributed by atoms with Gasteiger partial charge in [-0.2, -0.15) is 0 Å². The SMILES string of the molecule is C[C@@H]1C[C@@H](OC(=O)c2ccc([N+](=O)[O-])cc2)c2ncnc(N3CC4(CCN(Cc5ccccc5)CC4)c4c3ccc(Cl)c4CNC(=O)OC(C)(C)C)c21. The number of hydrogen-bond acceptors (Lipinski definition) is 10. The molecule has 12 nitrogen and oxygen atoms in total. The summed E-state index contributed by atoms with van der Waals surface area (Å²) in [4.78, 5) is 50.9. The monoisotopic (exact) mass is 738 g/mol. The van der Waals surface area contributed by atoms with Crippen LogP contribution in [0, 0.1) is 10.1 Å². The summed E-state index contributed by atoms with van der Waals surface area (Å²) in [5.74, 6) is 0.161. The number of anilines is 2. The number of likely N-dealkylation sites (tertiary alicyclic amines) is 1. The number of benzene rings is 3. The highest BCUT2D eigenvalue weighted by molar-refractivity contribution is 6.31. The lowest BCUT2D eigenvalue weighted by molar-refractivity contribution is -0.384. The number of rotatable bonds is 8. The van der Waals surface area contributed by atoms with Gasteiger partial charge in [-0.3, -0.25) is 15.0 Å². The van der Waals surface area contributed by atoms with Crippen LogP contribution in [0.1, 0.15) is 97.3 Å². The van der Waals surface area contributed by atoms with Gasteiger partial charge in [-0.1, -0.05) is 48.9 Å². The molecule has 1 spiro atoms. The van der Waals surface area contributed by atoms with Crippen molar-refractivity contribution in [3.05, 3.63) is 122 Å². The number of carbonyl (C=O) groups is 2. The Morgan fingerprint density at radius 3 is 2.43 bits per heavy atom. The van der Waals surface area contributed by atoms with Gasteiger partial charge in [-0.25, -0.2) is 19.6 Å². The van der Waals surface area contributed by atoms with Gasteiger partial charge in [-0.05, 0) is 100.0 Å². The van der Waals surface area contributed by atoms with E-state index in [1.54, 1.807) is 0 Å². The van der Waals surface area contributed by atoms with Gasteiger partial charge in [0.15, 0.2) is 0 Å². The molecule has 1 aliphatic carbocycles. The minimum absolute atomic E-state index is 0.0239. The Bertz CT molecular complexity index is 2030. The summed E-state index contributed by atoms with van der Waals surface area (Å²) in [6.07, 6.45) is 2.67. The first kappa shape index (κ1) is 36.3. The number of nitrogens with zero attached hydrogens (tertiary/aromatic N) is 5. The van der Waals surface area contributed by atoms with E-state index in [2.05, 4.69) is 51.3 Å². The maximum absolute atomic E-state index is 13.2. The lowest BCUT2D eigenvalue weighted by Crippen LogP contribution is -2.45. The predicted octanol–water partition coefficient (Wildman–Crippen LogP) is 8.15. The number of halogens is 1. The van der Waals surface area contributed by atoms with E-state index < -0.39 is 28.7 Å². The molecule has 4 aromatic rings. The molecular formula is C40H43ClN6O6. The number of carbonyl (C=O) groups excluding carboxylic acids is 2. The molecule has 1 amide bonds. The fourth-order valence-corrected chi connectivity index (χ4v) is 8.26. The molecule has 0 radical (unpaired) electrons. The van der Waals surface area contributed by atoms with Gasteiger partial charge < -0.3 is 19.7 Å². The highest BCUT2D eigenvalue weighted by Gasteiger charge is 2.49. The Hall–Kier alpha value is -5.07. The zero-order valence-electron chi connectivity index (χ0n) is 30.3. The Kier molecular flexibility index (Phi) is 9.86. The molecule has 0 bridgehead atoms. The van der Waals surface area contributed by atoms with Crippen molar-refractivity contribution in [2.45, 2.75) is 83.1 Å². The standard InChI is InChI=1S/C40H43ClN6O6/c1-25-20-32(52-37(48)27-10-12-28(13-11-27)47(50)51)35-33(25)36(44-24-43-35)46-23-40(16-18-45(19-17-40)22-26-8-6-5-7-9-26)34-29(30(41)14-15-31(34)46)21-42-38(49)53-39(2,3)4/h5-15,24-25,32H,16-23H2,1-4H3,(H,42,49)/t25-,32-/m1/s1. The Morgan fingerprint density at radius 1 is 1.04 bits per heavy atom. The molecule has 7 rings (SSSR count). The van der Waals surface area contributed by atoms with E-state index in [4.69, 9.17) is 26.1 Å². The maximum atomic E-state index is 13.2. The highest BCUT2D eigenvalue weighted by Crippen LogP contribution is 2.55. The summed E-state index contributed by atoms with van der Waals surface area (Å²) in [6, 6.07) is 19.8. The van der Waals surface area contributed by atoms with Crippen molar-refractivity contribution in [2.75, 3.05) is 24.5 Å². The van der Waals surface area contributed by atoms with Crippen molar-refractivity contribution in [1.29, 1.82) is 0 Å². The number of nitro groups is 1. The summed E-state index contributed by atoms with van der Waals surface area (Å²) in [5, 5.41) is 14.6. The Labute approximate surface area is 313 Å². The molecule has 1 aromatic heterocycles. The van der Waals surface area contributed by atoms with Crippen molar-refractivity contribution < 1.29 is 24.0 Å². The molecule has 3 aliphatic rings. The quantitative estimate of drug-likeness (QED) is 0.107. The van der Waals surface area contributed by atoms with E-state index in [1.807, 2.05) is 39.0 Å². The van der Waals surface area contributed by atoms with E-state index in [0.29, 0.717) is 23.7 Å². The second-order valence-corrected chi connectivity index (χ2v) is 15.6. The van der Waals surface area contributed by atoms with E-state index in [1.165, 1.54) is 36.2 Å². The second kappa shape index (κ2) is 14.4. The number of non-ortho nitro benzene ring substituents is 1. The number of piperidine rings is 1. The highest BCUT2D eigenvalue weighted by atomic mass is 35.5. The molecular weight excluding hydrogens is 696 g/mol. The van der Waals surface area contributed by atoms with E-state index >= 15 is 0 Å². The summed E-state index contributed by atoms with van der Waals surface area (Å²) >= 11 is 6.99. The van der Waals surface area contributed by atoms with Crippen LogP contribution in [-0.4, -0.2) is 57.1 Å². The molecule has 13 heteroatoms. The molecule has 0 unspecified atom stereocenters. The zero-order chi connectivity index (χ0) is 37.5. The van der Waals surface area contributed by atoms with Gasteiger partial charge in [0, 0.05) is 53.5 Å². The third-order valence-electron chi connectivity index (χ3n) is 10.5. The summed E-state index contributed by atoms with van der Waals surface area (Å²) in [6.45, 7) is 11.1. The first-order valence-corrected chi connectivity index (χ1v) is 18.3. The third-order valence-corrected chi connectivity index (χ3v) is 10.8. The van der Waals surface area contributed by atoms with Crippen LogP contribution in [0.15, 0.2) is 73.1 Å². The molecule has 276 valence electrons. The van der Waals surface area contributed by atoms with Crippen LogP contribution in [0.3, 0.4) is 0 Å². The van der Waals surface area contributed by atoms with Gasteiger partial charge in [-0.15, -0.1) is 0 Å². The van der Waals surface area contributed by atoms with Crippen LogP contribution in [0.25, 0.3) is 0 Å². The first-order chi connectivity index (χ1) is 25.3. The molecule has 1 N–H and O–H groups in total. The van der Waals surface area contributed by atoms with Gasteiger partial charge in [0.2, 0.25) is 0 Å². The average molecular weight is 739 g/mol. The van der Waals surface area contributed by atoms with Crippen molar-refractivity contribution in [3.63, 3.8) is 0 Å². The van der Waals surface area contributed by atoms with E-state index in [9.17, 15) is 19.7 Å². The van der Waals surface area contributed by atoms with Crippen LogP contribution in [0.4, 0.5) is 22.0 Å². The van der Waals surface area contributed by atoms with Crippen molar-refractivity contribution >= 4 is 40.9 Å². The minimum atomic E-state index is -0.645. The molecule has 2 atom stereocenters. The van der Waals surface area contributed by atoms with Crippen LogP contribution < -0.4 is 10.2 Å². The van der Waals surface area contributed by atoms with Crippen molar-refractivity contribution in [2.24, 2.45) is 0 Å². The zero-order valence-corrected chi connectivity index (χ0v) is 31.1. The largest absolute Gasteiger partial charge is 0.452 e. The molecule has 53 heavy (non-hydrogen) atoms. The Morgan fingerprint density at radius 2 is 1.75 bits per heavy atom. The predicted molar refractivity (Wildman–Crippen MR) is 200 cm³/mol. The summed E-state index contributed by atoms with van der Waals surface area (Å²) in [5.41, 5.74) is 5.00. The number of ether oxygens (including phenoxy) is 2. The van der Waals surface area contributed by atoms with Crippen molar-refractivity contribution in [1.82, 2.24) is 20.2 Å². The van der Waals surface area contributed by atoms with E-state index in [-0.39, 0.29) is 29.1 Å². The number of aromatic nitrogens is 2. The third kappa shape index (κ3) is 7.43. The van der Waals surface area contributed by atoms with Gasteiger partial charge in [0.05, 0.1) is 16.2 Å². The number of fused-ring (bicyclic) bond motifs is 3. The number of esters is 1. The first-order valence-electron chi connectivity index (χ1n) is 17.9. The molecule has 2 aliphatic heterocycles. The lowest BCUT2D eigenvalue weighted by Gasteiger charge is -2.41. The number of hydrogen-bond donors (Lipinski definition) is 1. The van der Waals surface area contributed by atoms with Gasteiger partial charge in [0.25, 0.3) is 5.69 Å². The smallest absolute Gasteiger partial charge is 0.407 e. The topological polar surface area (TPSA) is 140 Å². The molecule has 1 fully saturated rings. The average Bonchev–Trinajstić information content (AvgIpc) is 3.62. The lowest BCUT2D eigenvalue weighted by atomic mass is 9.72. The fraction of sp³-hybridized carbons (Fsp3) is 0.400.